The van der Waals surface area contributed by atoms with Crippen molar-refractivity contribution < 1.29 is 22.7 Å². The van der Waals surface area contributed by atoms with Crippen LogP contribution in [0.5, 0.6) is 0 Å². The molecule has 1 rings (SSSR count). The highest BCUT2D eigenvalue weighted by molar-refractivity contribution is 7.89. The number of benzene rings is 1. The molecule has 9 heteroatoms. The molecule has 0 heterocycles. The van der Waals surface area contributed by atoms with Crippen LogP contribution in [0.15, 0.2) is 29.2 Å². The third-order valence-corrected chi connectivity index (χ3v) is 4.98. The standard InChI is InChI=1S/C19H27N3O5S/c1-18(2,3)13-19(4,5)22-16(23)12-27-17(24)11-21-28(25,26)15-9-7-6-8-14(15)10-20/h6-9,21H,11-13H2,1-5H3,(H,22,23). The number of carbonyl (C=O) groups excluding carboxylic acids is 2. The van der Waals surface area contributed by atoms with Crippen molar-refractivity contribution >= 4 is 21.9 Å². The van der Waals surface area contributed by atoms with E-state index in [1.807, 2.05) is 13.8 Å². The number of sulfonamides is 1. The monoisotopic (exact) mass is 409 g/mol. The van der Waals surface area contributed by atoms with Crippen LogP contribution in [0.1, 0.15) is 46.6 Å². The number of esters is 1. The van der Waals surface area contributed by atoms with Gasteiger partial charge in [-0.3, -0.25) is 9.59 Å². The molecule has 0 aromatic heterocycles. The predicted molar refractivity (Wildman–Crippen MR) is 104 cm³/mol. The van der Waals surface area contributed by atoms with Gasteiger partial charge in [-0.25, -0.2) is 8.42 Å². The molecule has 28 heavy (non-hydrogen) atoms. The molecule has 0 saturated carbocycles. The summed E-state index contributed by atoms with van der Waals surface area (Å²) in [5, 5.41) is 11.8. The summed E-state index contributed by atoms with van der Waals surface area (Å²) in [6.07, 6.45) is 0.720. The zero-order chi connectivity index (χ0) is 21.6. The minimum Gasteiger partial charge on any atom is -0.455 e. The summed E-state index contributed by atoms with van der Waals surface area (Å²) in [4.78, 5) is 23.5. The summed E-state index contributed by atoms with van der Waals surface area (Å²) < 4.78 is 31.3. The average Bonchev–Trinajstić information content (AvgIpc) is 2.55. The maximum atomic E-state index is 12.2. The van der Waals surface area contributed by atoms with E-state index in [9.17, 15) is 18.0 Å². The molecule has 0 saturated heterocycles. The van der Waals surface area contributed by atoms with Crippen LogP contribution in [0.4, 0.5) is 0 Å². The summed E-state index contributed by atoms with van der Waals surface area (Å²) in [5.74, 6) is -1.37. The van der Waals surface area contributed by atoms with Gasteiger partial charge in [0.1, 0.15) is 12.6 Å². The lowest BCUT2D eigenvalue weighted by Gasteiger charge is -2.33. The second-order valence-corrected chi connectivity index (χ2v) is 10.00. The van der Waals surface area contributed by atoms with Crippen LogP contribution in [-0.2, 0) is 24.3 Å². The lowest BCUT2D eigenvalue weighted by atomic mass is 9.82. The summed E-state index contributed by atoms with van der Waals surface area (Å²) in [6, 6.07) is 7.40. The van der Waals surface area contributed by atoms with Gasteiger partial charge in [0.25, 0.3) is 5.91 Å². The number of rotatable bonds is 8. The van der Waals surface area contributed by atoms with Crippen molar-refractivity contribution in [1.29, 1.82) is 5.26 Å². The molecule has 2 N–H and O–H groups in total. The van der Waals surface area contributed by atoms with Crippen molar-refractivity contribution in [3.05, 3.63) is 29.8 Å². The van der Waals surface area contributed by atoms with Crippen molar-refractivity contribution in [2.45, 2.75) is 51.5 Å². The summed E-state index contributed by atoms with van der Waals surface area (Å²) in [6.45, 7) is 8.74. The van der Waals surface area contributed by atoms with Gasteiger partial charge in [-0.1, -0.05) is 32.9 Å². The number of hydrogen-bond donors (Lipinski definition) is 2. The molecule has 1 aromatic rings. The number of hydrogen-bond acceptors (Lipinski definition) is 6. The molecule has 154 valence electrons. The Kier molecular flexibility index (Phi) is 7.73. The Labute approximate surface area is 166 Å². The van der Waals surface area contributed by atoms with E-state index in [0.717, 1.165) is 6.42 Å². The zero-order valence-corrected chi connectivity index (χ0v) is 17.6. The van der Waals surface area contributed by atoms with E-state index < -0.39 is 40.6 Å². The number of nitriles is 1. The Hall–Kier alpha value is -2.44. The molecule has 1 amide bonds. The lowest BCUT2D eigenvalue weighted by Crippen LogP contribution is -2.47. The molecular formula is C19H27N3O5S. The van der Waals surface area contributed by atoms with Gasteiger partial charge in [0.2, 0.25) is 10.0 Å². The number of carbonyl (C=O) groups is 2. The fourth-order valence-electron chi connectivity index (χ4n) is 3.01. The second-order valence-electron chi connectivity index (χ2n) is 8.26. The van der Waals surface area contributed by atoms with Crippen molar-refractivity contribution in [1.82, 2.24) is 10.0 Å². The molecule has 8 nitrogen and oxygen atoms in total. The van der Waals surface area contributed by atoms with E-state index in [0.29, 0.717) is 0 Å². The van der Waals surface area contributed by atoms with Crippen LogP contribution in [0.3, 0.4) is 0 Å². The average molecular weight is 410 g/mol. The predicted octanol–water partition coefficient (Wildman–Crippen LogP) is 1.71. The van der Waals surface area contributed by atoms with Crippen LogP contribution in [0, 0.1) is 16.7 Å². The molecular weight excluding hydrogens is 382 g/mol. The molecule has 0 radical (unpaired) electrons. The quantitative estimate of drug-likeness (QED) is 0.630. The molecule has 0 spiro atoms. The zero-order valence-electron chi connectivity index (χ0n) is 16.8. The van der Waals surface area contributed by atoms with Gasteiger partial charge in [0, 0.05) is 5.54 Å². The smallest absolute Gasteiger partial charge is 0.321 e. The minimum absolute atomic E-state index is 0.00541. The Morgan fingerprint density at radius 3 is 2.32 bits per heavy atom. The largest absolute Gasteiger partial charge is 0.455 e. The Bertz CT molecular complexity index is 864. The second kappa shape index (κ2) is 9.17. The summed E-state index contributed by atoms with van der Waals surface area (Å²) >= 11 is 0. The normalized spacial score (nSPS) is 12.1. The number of nitrogens with one attached hydrogen (secondary N) is 2. The maximum Gasteiger partial charge on any atom is 0.321 e. The number of ether oxygens (including phenoxy) is 1. The van der Waals surface area contributed by atoms with Crippen LogP contribution in [0.25, 0.3) is 0 Å². The molecule has 0 aliphatic carbocycles. The van der Waals surface area contributed by atoms with E-state index in [-0.39, 0.29) is 15.9 Å². The lowest BCUT2D eigenvalue weighted by molar-refractivity contribution is -0.147. The van der Waals surface area contributed by atoms with Crippen LogP contribution in [-0.4, -0.2) is 39.0 Å². The first kappa shape index (κ1) is 23.6. The van der Waals surface area contributed by atoms with Crippen LogP contribution in [0.2, 0.25) is 0 Å². The van der Waals surface area contributed by atoms with Crippen molar-refractivity contribution in [3.63, 3.8) is 0 Å². The van der Waals surface area contributed by atoms with Gasteiger partial charge in [-0.2, -0.15) is 9.98 Å². The molecule has 0 aliphatic rings. The molecule has 0 unspecified atom stereocenters. The summed E-state index contributed by atoms with van der Waals surface area (Å²) in [5.41, 5.74) is -0.515. The van der Waals surface area contributed by atoms with E-state index in [1.54, 1.807) is 6.07 Å². The maximum absolute atomic E-state index is 12.2. The summed E-state index contributed by atoms with van der Waals surface area (Å²) in [7, 11) is -4.06. The van der Waals surface area contributed by atoms with E-state index in [1.165, 1.54) is 24.3 Å². The first-order valence-electron chi connectivity index (χ1n) is 8.71. The third-order valence-electron chi connectivity index (χ3n) is 3.52. The Morgan fingerprint density at radius 1 is 1.14 bits per heavy atom. The number of amides is 1. The fraction of sp³-hybridized carbons (Fsp3) is 0.526. The Balaban J connectivity index is 2.55. The van der Waals surface area contributed by atoms with Gasteiger partial charge in [-0.05, 0) is 37.8 Å². The molecule has 0 aliphatic heterocycles. The van der Waals surface area contributed by atoms with Crippen molar-refractivity contribution in [2.75, 3.05) is 13.2 Å². The van der Waals surface area contributed by atoms with Crippen molar-refractivity contribution in [2.24, 2.45) is 5.41 Å². The first-order valence-corrected chi connectivity index (χ1v) is 10.2. The minimum atomic E-state index is -4.06. The third kappa shape index (κ3) is 8.06. The van der Waals surface area contributed by atoms with E-state index in [2.05, 4.69) is 30.8 Å². The van der Waals surface area contributed by atoms with Crippen LogP contribution >= 0.6 is 0 Å². The molecule has 0 fully saturated rings. The SMILES string of the molecule is CC(C)(C)CC(C)(C)NC(=O)COC(=O)CNS(=O)(=O)c1ccccc1C#N. The highest BCUT2D eigenvalue weighted by atomic mass is 32.2. The molecule has 0 atom stereocenters. The van der Waals surface area contributed by atoms with E-state index >= 15 is 0 Å². The van der Waals surface area contributed by atoms with Crippen molar-refractivity contribution in [3.8, 4) is 6.07 Å². The highest BCUT2D eigenvalue weighted by Crippen LogP contribution is 2.26. The number of nitrogens with zero attached hydrogens (tertiary/aromatic N) is 1. The first-order chi connectivity index (χ1) is 12.8. The fourth-order valence-corrected chi connectivity index (χ4v) is 4.13. The van der Waals surface area contributed by atoms with Gasteiger partial charge < -0.3 is 10.1 Å². The molecule has 1 aromatic carbocycles. The highest BCUT2D eigenvalue weighted by Gasteiger charge is 2.27. The van der Waals surface area contributed by atoms with E-state index in [4.69, 9.17) is 10.00 Å². The molecule has 0 bridgehead atoms. The van der Waals surface area contributed by atoms with Gasteiger partial charge in [0.15, 0.2) is 6.61 Å². The van der Waals surface area contributed by atoms with Gasteiger partial charge >= 0.3 is 5.97 Å². The van der Waals surface area contributed by atoms with Gasteiger partial charge in [0.05, 0.1) is 10.5 Å². The Morgan fingerprint density at radius 2 is 1.75 bits per heavy atom. The topological polar surface area (TPSA) is 125 Å². The van der Waals surface area contributed by atoms with Crippen LogP contribution < -0.4 is 10.0 Å². The van der Waals surface area contributed by atoms with Gasteiger partial charge in [-0.15, -0.1) is 0 Å².